The maximum atomic E-state index is 12.0. The van der Waals surface area contributed by atoms with E-state index in [1.165, 1.54) is 12.3 Å². The predicted octanol–water partition coefficient (Wildman–Crippen LogP) is 2.24. The van der Waals surface area contributed by atoms with E-state index in [2.05, 4.69) is 22.0 Å². The monoisotopic (exact) mass is 259 g/mol. The summed E-state index contributed by atoms with van der Waals surface area (Å²) >= 11 is 0. The highest BCUT2D eigenvalue weighted by molar-refractivity contribution is 5.96. The Kier molecular flexibility index (Phi) is 2.74. The standard InChI is InChI=1S/C14H16N4O/c1-4-10(2)14(19)17-12-9-16-18(3)13(12)11-5-7-15-8-6-11/h4-10H,1H2,2-3H3,(H,17,19)/t10-/m1/s1/i3D3. The summed E-state index contributed by atoms with van der Waals surface area (Å²) in [5.74, 6) is -0.684. The topological polar surface area (TPSA) is 59.8 Å². The first-order valence-corrected chi connectivity index (χ1v) is 5.77. The minimum absolute atomic E-state index is 0.282. The summed E-state index contributed by atoms with van der Waals surface area (Å²) in [5, 5.41) is 6.58. The van der Waals surface area contributed by atoms with Crippen LogP contribution in [0.4, 0.5) is 5.69 Å². The first-order valence-electron chi connectivity index (χ1n) is 7.27. The molecule has 0 saturated carbocycles. The zero-order valence-corrected chi connectivity index (χ0v) is 10.5. The van der Waals surface area contributed by atoms with Gasteiger partial charge in [0.15, 0.2) is 0 Å². The van der Waals surface area contributed by atoms with Crippen molar-refractivity contribution >= 4 is 11.6 Å². The van der Waals surface area contributed by atoms with Gasteiger partial charge in [0.25, 0.3) is 0 Å². The molecule has 98 valence electrons. The Bertz CT molecular complexity index is 679. The van der Waals surface area contributed by atoms with Crippen LogP contribution in [0.25, 0.3) is 11.3 Å². The van der Waals surface area contributed by atoms with Crippen molar-refractivity contribution in [3.63, 3.8) is 0 Å². The summed E-state index contributed by atoms with van der Waals surface area (Å²) in [6.45, 7) is 2.81. The van der Waals surface area contributed by atoms with Crippen LogP contribution in [0.3, 0.4) is 0 Å². The normalized spacial score (nSPS) is 14.9. The lowest BCUT2D eigenvalue weighted by molar-refractivity contribution is -0.118. The molecule has 19 heavy (non-hydrogen) atoms. The van der Waals surface area contributed by atoms with Gasteiger partial charge < -0.3 is 5.32 Å². The fourth-order valence-electron chi connectivity index (χ4n) is 1.58. The van der Waals surface area contributed by atoms with Gasteiger partial charge in [0.1, 0.15) is 0 Å². The lowest BCUT2D eigenvalue weighted by Gasteiger charge is -2.09. The van der Waals surface area contributed by atoms with E-state index in [1.807, 2.05) is 0 Å². The Hall–Kier alpha value is -2.43. The molecule has 0 spiro atoms. The number of nitrogens with one attached hydrogen (secondary N) is 1. The Labute approximate surface area is 116 Å². The van der Waals surface area contributed by atoms with Gasteiger partial charge in [-0.05, 0) is 12.1 Å². The summed E-state index contributed by atoms with van der Waals surface area (Å²) in [6, 6.07) is 3.32. The summed E-state index contributed by atoms with van der Waals surface area (Å²) in [6.07, 6.45) is 5.93. The van der Waals surface area contributed by atoms with E-state index >= 15 is 0 Å². The quantitative estimate of drug-likeness (QED) is 0.857. The van der Waals surface area contributed by atoms with E-state index in [9.17, 15) is 4.79 Å². The van der Waals surface area contributed by atoms with Crippen LogP contribution in [0.15, 0.2) is 43.4 Å². The van der Waals surface area contributed by atoms with Crippen LogP contribution in [0, 0.1) is 5.92 Å². The number of nitrogens with zero attached hydrogens (tertiary/aromatic N) is 3. The van der Waals surface area contributed by atoms with Crippen LogP contribution in [0.2, 0.25) is 0 Å². The molecule has 5 nitrogen and oxygen atoms in total. The van der Waals surface area contributed by atoms with Gasteiger partial charge in [-0.25, -0.2) is 0 Å². The summed E-state index contributed by atoms with van der Waals surface area (Å²) < 4.78 is 23.6. The number of aryl methyl sites for hydroxylation is 1. The second kappa shape index (κ2) is 5.48. The second-order valence-electron chi connectivity index (χ2n) is 4.07. The molecule has 1 N–H and O–H groups in total. The zero-order valence-electron chi connectivity index (χ0n) is 13.5. The lowest BCUT2D eigenvalue weighted by Crippen LogP contribution is -2.18. The number of amides is 1. The molecule has 0 bridgehead atoms. The molecule has 2 heterocycles. The van der Waals surface area contributed by atoms with E-state index in [4.69, 9.17) is 4.11 Å². The van der Waals surface area contributed by atoms with Gasteiger partial charge in [0.2, 0.25) is 5.91 Å². The van der Waals surface area contributed by atoms with Gasteiger partial charge in [-0.1, -0.05) is 13.0 Å². The van der Waals surface area contributed by atoms with Crippen molar-refractivity contribution in [1.29, 1.82) is 0 Å². The highest BCUT2D eigenvalue weighted by atomic mass is 16.1. The van der Waals surface area contributed by atoms with Gasteiger partial charge in [-0.2, -0.15) is 5.10 Å². The van der Waals surface area contributed by atoms with E-state index in [0.29, 0.717) is 16.9 Å². The maximum Gasteiger partial charge on any atom is 0.231 e. The van der Waals surface area contributed by atoms with Crippen molar-refractivity contribution in [3.8, 4) is 11.3 Å². The molecule has 0 unspecified atom stereocenters. The number of hydrogen-bond acceptors (Lipinski definition) is 3. The Morgan fingerprint density at radius 3 is 2.95 bits per heavy atom. The van der Waals surface area contributed by atoms with E-state index in [0.717, 1.165) is 4.68 Å². The van der Waals surface area contributed by atoms with Crippen LogP contribution in [-0.4, -0.2) is 20.7 Å². The average Bonchev–Trinajstić information content (AvgIpc) is 2.91. The van der Waals surface area contributed by atoms with Crippen LogP contribution >= 0.6 is 0 Å². The molecule has 2 rings (SSSR count). The number of rotatable bonds is 4. The number of carbonyl (C=O) groups excluding carboxylic acids is 1. The Morgan fingerprint density at radius 1 is 1.58 bits per heavy atom. The van der Waals surface area contributed by atoms with Crippen molar-refractivity contribution in [3.05, 3.63) is 43.4 Å². The number of carbonyl (C=O) groups is 1. The first-order chi connectivity index (χ1) is 10.3. The van der Waals surface area contributed by atoms with Crippen molar-refractivity contribution in [1.82, 2.24) is 14.8 Å². The molecular formula is C14H16N4O. The molecule has 0 aliphatic rings. The van der Waals surface area contributed by atoms with Gasteiger partial charge in [0.05, 0.1) is 23.5 Å². The third-order valence-electron chi connectivity index (χ3n) is 2.75. The number of pyridine rings is 1. The third-order valence-corrected chi connectivity index (χ3v) is 2.75. The van der Waals surface area contributed by atoms with Crippen LogP contribution in [0.1, 0.15) is 11.0 Å². The first kappa shape index (κ1) is 9.49. The van der Waals surface area contributed by atoms with Crippen LogP contribution in [0.5, 0.6) is 0 Å². The number of hydrogen-bond donors (Lipinski definition) is 1. The molecule has 0 aliphatic heterocycles. The van der Waals surface area contributed by atoms with Crippen molar-refractivity contribution < 1.29 is 8.91 Å². The Balaban J connectivity index is 2.50. The van der Waals surface area contributed by atoms with Crippen molar-refractivity contribution in [2.24, 2.45) is 12.9 Å². The van der Waals surface area contributed by atoms with Gasteiger partial charge >= 0.3 is 0 Å². The maximum absolute atomic E-state index is 12.0. The fourth-order valence-corrected chi connectivity index (χ4v) is 1.58. The molecule has 5 heteroatoms. The second-order valence-corrected chi connectivity index (χ2v) is 4.07. The summed E-state index contributed by atoms with van der Waals surface area (Å²) in [5.41, 5.74) is 1.25. The molecule has 2 aromatic rings. The van der Waals surface area contributed by atoms with Crippen molar-refractivity contribution in [2.45, 2.75) is 6.92 Å². The largest absolute Gasteiger partial charge is 0.322 e. The van der Waals surface area contributed by atoms with Crippen molar-refractivity contribution in [2.75, 3.05) is 5.32 Å². The molecule has 0 radical (unpaired) electrons. The van der Waals surface area contributed by atoms with E-state index in [-0.39, 0.29) is 5.91 Å². The molecule has 0 aromatic carbocycles. The molecule has 2 aromatic heterocycles. The lowest BCUT2D eigenvalue weighted by atomic mass is 10.1. The minimum atomic E-state index is -2.45. The number of anilines is 1. The summed E-state index contributed by atoms with van der Waals surface area (Å²) in [7, 11) is 0. The smallest absolute Gasteiger partial charge is 0.231 e. The molecule has 1 atom stereocenters. The van der Waals surface area contributed by atoms with Crippen LogP contribution in [-0.2, 0) is 11.8 Å². The summed E-state index contributed by atoms with van der Waals surface area (Å²) in [4.78, 5) is 15.9. The van der Waals surface area contributed by atoms with Crippen LogP contribution < -0.4 is 5.32 Å². The highest BCUT2D eigenvalue weighted by Crippen LogP contribution is 2.27. The average molecular weight is 259 g/mol. The molecule has 0 saturated heterocycles. The third kappa shape index (κ3) is 2.70. The molecule has 0 fully saturated rings. The van der Waals surface area contributed by atoms with Gasteiger partial charge in [-0.15, -0.1) is 6.58 Å². The van der Waals surface area contributed by atoms with E-state index < -0.39 is 12.9 Å². The molecule has 1 amide bonds. The predicted molar refractivity (Wildman–Crippen MR) is 74.4 cm³/mol. The Morgan fingerprint density at radius 2 is 2.32 bits per heavy atom. The minimum Gasteiger partial charge on any atom is -0.322 e. The SMILES string of the molecule is [2H]C([2H])([2H])n1ncc(NC(=O)[C@H](C)C=C)c1-c1ccncc1. The van der Waals surface area contributed by atoms with Gasteiger partial charge in [-0.3, -0.25) is 14.5 Å². The molecule has 0 aliphatic carbocycles. The van der Waals surface area contributed by atoms with Gasteiger partial charge in [0, 0.05) is 29.0 Å². The fraction of sp³-hybridized carbons (Fsp3) is 0.214. The zero-order chi connectivity index (χ0) is 16.3. The van der Waals surface area contributed by atoms with E-state index in [1.54, 1.807) is 31.5 Å². The highest BCUT2D eigenvalue weighted by Gasteiger charge is 2.15. The molecular weight excluding hydrogens is 240 g/mol. The number of aromatic nitrogens is 3.